The molecule has 6 heteroatoms. The number of rotatable bonds is 4. The van der Waals surface area contributed by atoms with E-state index in [-0.39, 0.29) is 12.5 Å². The molecule has 0 atom stereocenters. The molecule has 0 aromatic heterocycles. The summed E-state index contributed by atoms with van der Waals surface area (Å²) in [6.07, 6.45) is 6.97. The van der Waals surface area contributed by atoms with E-state index in [2.05, 4.69) is 11.2 Å². The molecule has 3 rings (SSSR count). The van der Waals surface area contributed by atoms with Crippen LogP contribution in [-0.2, 0) is 4.79 Å². The number of hydrogen-bond acceptors (Lipinski definition) is 4. The van der Waals surface area contributed by atoms with Crippen LogP contribution in [0.15, 0.2) is 46.2 Å². The van der Waals surface area contributed by atoms with Crippen molar-refractivity contribution in [2.45, 2.75) is 4.90 Å². The van der Waals surface area contributed by atoms with Crippen molar-refractivity contribution >= 4 is 41.0 Å². The zero-order valence-electron chi connectivity index (χ0n) is 13.3. The Bertz CT molecular complexity index is 902. The minimum Gasteiger partial charge on any atom is -0.493 e. The molecule has 1 N–H and O–H groups in total. The molecule has 4 nitrogen and oxygen atoms in total. The fraction of sp³-hybridized carbons (Fsp3) is 0.105. The lowest BCUT2D eigenvalue weighted by atomic mass is 10.1. The number of nitrogens with one attached hydrogen (secondary N) is 1. The molecule has 2 aromatic carbocycles. The number of halogens is 1. The van der Waals surface area contributed by atoms with E-state index in [1.807, 2.05) is 24.3 Å². The van der Waals surface area contributed by atoms with E-state index in [1.54, 1.807) is 18.2 Å². The average Bonchev–Trinajstić information content (AvgIpc) is 2.61. The average molecular weight is 372 g/mol. The number of thioether (sulfide) groups is 1. The van der Waals surface area contributed by atoms with Gasteiger partial charge in [-0.1, -0.05) is 41.4 Å². The molecule has 0 radical (unpaired) electrons. The minimum absolute atomic E-state index is 0.0888. The van der Waals surface area contributed by atoms with Crippen molar-refractivity contribution in [3.05, 3.63) is 51.9 Å². The van der Waals surface area contributed by atoms with Crippen LogP contribution in [0.25, 0.3) is 6.08 Å². The Balaban J connectivity index is 1.95. The Kier molecular flexibility index (Phi) is 5.22. The van der Waals surface area contributed by atoms with Crippen molar-refractivity contribution in [3.63, 3.8) is 0 Å². The van der Waals surface area contributed by atoms with E-state index >= 15 is 0 Å². The van der Waals surface area contributed by atoms with Gasteiger partial charge >= 0.3 is 0 Å². The van der Waals surface area contributed by atoms with Gasteiger partial charge in [0.25, 0.3) is 5.91 Å². The van der Waals surface area contributed by atoms with Gasteiger partial charge in [-0.05, 0) is 35.9 Å². The van der Waals surface area contributed by atoms with E-state index in [4.69, 9.17) is 27.5 Å². The topological polar surface area (TPSA) is 47.6 Å². The number of terminal acetylenes is 1. The third-order valence-electron chi connectivity index (χ3n) is 3.43. The predicted molar refractivity (Wildman–Crippen MR) is 101 cm³/mol. The number of fused-ring (bicyclic) bond motifs is 1. The summed E-state index contributed by atoms with van der Waals surface area (Å²) in [6, 6.07) is 11.1. The Morgan fingerprint density at radius 3 is 2.92 bits per heavy atom. The summed E-state index contributed by atoms with van der Waals surface area (Å²) in [6.45, 7) is 0.0888. The molecular weight excluding hydrogens is 358 g/mol. The van der Waals surface area contributed by atoms with E-state index in [0.29, 0.717) is 21.4 Å². The van der Waals surface area contributed by atoms with Crippen LogP contribution in [0.5, 0.6) is 11.5 Å². The van der Waals surface area contributed by atoms with Crippen molar-refractivity contribution in [3.8, 4) is 23.8 Å². The maximum Gasteiger partial charge on any atom is 0.262 e. The number of benzene rings is 2. The first-order valence-electron chi connectivity index (χ1n) is 7.36. The van der Waals surface area contributed by atoms with Crippen molar-refractivity contribution in [2.75, 3.05) is 19.0 Å². The van der Waals surface area contributed by atoms with Gasteiger partial charge in [0.05, 0.1) is 22.7 Å². The van der Waals surface area contributed by atoms with Crippen LogP contribution in [0.1, 0.15) is 5.56 Å². The summed E-state index contributed by atoms with van der Waals surface area (Å²) in [4.78, 5) is 13.8. The van der Waals surface area contributed by atoms with Crippen molar-refractivity contribution in [2.24, 2.45) is 0 Å². The lowest BCUT2D eigenvalue weighted by molar-refractivity contribution is -0.112. The van der Waals surface area contributed by atoms with Crippen molar-refractivity contribution in [1.29, 1.82) is 0 Å². The van der Waals surface area contributed by atoms with Gasteiger partial charge in [-0.25, -0.2) is 0 Å². The third kappa shape index (κ3) is 3.76. The fourth-order valence-corrected chi connectivity index (χ4v) is 3.56. The van der Waals surface area contributed by atoms with Crippen LogP contribution in [0, 0.1) is 12.3 Å². The molecule has 2 aromatic rings. The zero-order chi connectivity index (χ0) is 17.8. The lowest BCUT2D eigenvalue weighted by Crippen LogP contribution is -2.17. The van der Waals surface area contributed by atoms with Crippen LogP contribution >= 0.6 is 23.4 Å². The summed E-state index contributed by atoms with van der Waals surface area (Å²) in [5, 5.41) is 3.24. The summed E-state index contributed by atoms with van der Waals surface area (Å²) < 4.78 is 10.7. The Hall–Kier alpha value is -2.55. The van der Waals surface area contributed by atoms with E-state index in [0.717, 1.165) is 16.1 Å². The van der Waals surface area contributed by atoms with E-state index in [1.165, 1.54) is 18.9 Å². The fourth-order valence-electron chi connectivity index (χ4n) is 2.33. The van der Waals surface area contributed by atoms with E-state index in [9.17, 15) is 4.79 Å². The largest absolute Gasteiger partial charge is 0.493 e. The van der Waals surface area contributed by atoms with Crippen molar-refractivity contribution in [1.82, 2.24) is 0 Å². The highest BCUT2D eigenvalue weighted by Crippen LogP contribution is 2.41. The third-order valence-corrected chi connectivity index (χ3v) is 4.81. The quantitative estimate of drug-likeness (QED) is 0.637. The molecule has 126 valence electrons. The van der Waals surface area contributed by atoms with E-state index < -0.39 is 0 Å². The number of carbonyl (C=O) groups excluding carboxylic acids is 1. The van der Waals surface area contributed by atoms with Gasteiger partial charge in [-0.2, -0.15) is 0 Å². The number of para-hydroxylation sites is 1. The molecule has 0 spiro atoms. The number of hydrogen-bond donors (Lipinski definition) is 1. The van der Waals surface area contributed by atoms with Crippen LogP contribution < -0.4 is 14.8 Å². The van der Waals surface area contributed by atoms with Gasteiger partial charge in [0.1, 0.15) is 6.61 Å². The summed E-state index contributed by atoms with van der Waals surface area (Å²) in [5.74, 6) is 3.06. The van der Waals surface area contributed by atoms with Crippen molar-refractivity contribution < 1.29 is 14.3 Å². The number of carbonyl (C=O) groups is 1. The molecule has 0 unspecified atom stereocenters. The van der Waals surface area contributed by atoms with Gasteiger partial charge < -0.3 is 14.8 Å². The maximum absolute atomic E-state index is 12.3. The Morgan fingerprint density at radius 2 is 2.16 bits per heavy atom. The number of amides is 1. The summed E-state index contributed by atoms with van der Waals surface area (Å²) in [5.41, 5.74) is 1.54. The minimum atomic E-state index is -0.161. The molecule has 0 saturated heterocycles. The standard InChI is InChI=1S/C19H14ClNO3S/c1-3-8-24-18-13(20)9-12(10-15(18)23-2)11-17-19(22)21-14-6-4-5-7-16(14)25-17/h1,4-7,9-11H,8H2,2H3,(H,21,22)/b17-11-. The van der Waals surface area contributed by atoms with Gasteiger partial charge in [-0.15, -0.1) is 6.42 Å². The molecule has 0 saturated carbocycles. The Morgan fingerprint density at radius 1 is 1.36 bits per heavy atom. The monoisotopic (exact) mass is 371 g/mol. The molecule has 0 fully saturated rings. The normalized spacial score (nSPS) is 14.4. The Labute approximate surface area is 155 Å². The second-order valence-corrected chi connectivity index (χ2v) is 6.58. The lowest BCUT2D eigenvalue weighted by Gasteiger charge is -2.18. The number of anilines is 1. The van der Waals surface area contributed by atoms with Gasteiger partial charge in [0, 0.05) is 4.90 Å². The van der Waals surface area contributed by atoms with Crippen LogP contribution in [-0.4, -0.2) is 19.6 Å². The molecule has 0 aliphatic carbocycles. The first-order valence-corrected chi connectivity index (χ1v) is 8.55. The van der Waals surface area contributed by atoms with Gasteiger partial charge in [0.2, 0.25) is 0 Å². The SMILES string of the molecule is C#CCOc1c(Cl)cc(/C=C2\Sc3ccccc3NC2=O)cc1OC. The first-order chi connectivity index (χ1) is 12.1. The number of ether oxygens (including phenoxy) is 2. The summed E-state index contributed by atoms with van der Waals surface area (Å²) in [7, 11) is 1.52. The second-order valence-electron chi connectivity index (χ2n) is 5.09. The van der Waals surface area contributed by atoms with Crippen LogP contribution in [0.2, 0.25) is 5.02 Å². The molecule has 25 heavy (non-hydrogen) atoms. The first kappa shape index (κ1) is 17.3. The number of methoxy groups -OCH3 is 1. The smallest absolute Gasteiger partial charge is 0.262 e. The van der Waals surface area contributed by atoms with Crippen LogP contribution in [0.3, 0.4) is 0 Å². The molecule has 0 bridgehead atoms. The molecule has 1 amide bonds. The predicted octanol–water partition coefficient (Wildman–Crippen LogP) is 4.45. The highest BCUT2D eigenvalue weighted by atomic mass is 35.5. The second kappa shape index (κ2) is 7.56. The highest BCUT2D eigenvalue weighted by molar-refractivity contribution is 8.04. The molecular formula is C19H14ClNO3S. The zero-order valence-corrected chi connectivity index (χ0v) is 14.9. The van der Waals surface area contributed by atoms with Gasteiger partial charge in [-0.3, -0.25) is 4.79 Å². The molecule has 1 aliphatic heterocycles. The summed E-state index contributed by atoms with van der Waals surface area (Å²) >= 11 is 7.68. The highest BCUT2D eigenvalue weighted by Gasteiger charge is 2.21. The van der Waals surface area contributed by atoms with Crippen LogP contribution in [0.4, 0.5) is 5.69 Å². The van der Waals surface area contributed by atoms with Gasteiger partial charge in [0.15, 0.2) is 11.5 Å². The maximum atomic E-state index is 12.3. The molecule has 1 heterocycles. The molecule has 1 aliphatic rings.